The average molecular weight is 264 g/mol. The molecule has 1 aromatic carbocycles. The first-order chi connectivity index (χ1) is 9.07. The van der Waals surface area contributed by atoms with Crippen LogP contribution in [0.3, 0.4) is 0 Å². The maximum absolute atomic E-state index is 13.0. The highest BCUT2D eigenvalue weighted by atomic mass is 19.1. The zero-order chi connectivity index (χ0) is 13.7. The van der Waals surface area contributed by atoms with Gasteiger partial charge in [0.2, 0.25) is 5.91 Å². The molecule has 1 heterocycles. The third kappa shape index (κ3) is 4.31. The zero-order valence-corrected chi connectivity index (χ0v) is 11.3. The highest BCUT2D eigenvalue weighted by Gasteiger charge is 2.26. The summed E-state index contributed by atoms with van der Waals surface area (Å²) >= 11 is 0. The van der Waals surface area contributed by atoms with Crippen LogP contribution in [-0.2, 0) is 11.2 Å². The molecule has 0 aromatic heterocycles. The fraction of sp³-hybridized carbons (Fsp3) is 0.533. The maximum atomic E-state index is 13.0. The van der Waals surface area contributed by atoms with Crippen LogP contribution in [-0.4, -0.2) is 25.5 Å². The van der Waals surface area contributed by atoms with Crippen molar-refractivity contribution in [2.45, 2.75) is 26.2 Å². The molecule has 1 fully saturated rings. The van der Waals surface area contributed by atoms with Gasteiger partial charge >= 0.3 is 0 Å². The Labute approximate surface area is 113 Å². The Bertz CT molecular complexity index is 442. The molecule has 4 heteroatoms. The number of nitrogens with one attached hydrogen (secondary N) is 2. The second-order valence-electron chi connectivity index (χ2n) is 5.67. The van der Waals surface area contributed by atoms with Crippen LogP contribution >= 0.6 is 0 Å². The van der Waals surface area contributed by atoms with Gasteiger partial charge in [-0.2, -0.15) is 0 Å². The fourth-order valence-electron chi connectivity index (χ4n) is 2.48. The molecule has 1 aliphatic heterocycles. The van der Waals surface area contributed by atoms with E-state index < -0.39 is 0 Å². The summed E-state index contributed by atoms with van der Waals surface area (Å²) in [5.74, 6) is -0.342. The number of carbonyl (C=O) groups is 1. The van der Waals surface area contributed by atoms with Crippen molar-refractivity contribution in [1.82, 2.24) is 10.6 Å². The molecule has 2 rings (SSSR count). The van der Waals surface area contributed by atoms with Crippen LogP contribution in [0.25, 0.3) is 0 Å². The summed E-state index contributed by atoms with van der Waals surface area (Å²) in [6, 6.07) is 6.19. The van der Waals surface area contributed by atoms with Crippen LogP contribution in [0, 0.1) is 11.2 Å². The fourth-order valence-corrected chi connectivity index (χ4v) is 2.48. The van der Waals surface area contributed by atoms with Crippen LogP contribution in [0.4, 0.5) is 4.39 Å². The van der Waals surface area contributed by atoms with Gasteiger partial charge in [-0.15, -0.1) is 0 Å². The number of carbonyl (C=O) groups excluding carboxylic acids is 1. The highest BCUT2D eigenvalue weighted by molar-refractivity contribution is 5.78. The third-order valence-electron chi connectivity index (χ3n) is 3.65. The van der Waals surface area contributed by atoms with E-state index in [4.69, 9.17) is 0 Å². The standard InChI is InChI=1S/C15H21FN2O/c1-15(6-3-7-17-10-15)11-18-14(19)9-12-4-2-5-13(16)8-12/h2,4-5,8,17H,3,6-7,9-11H2,1H3,(H,18,19). The minimum atomic E-state index is -0.297. The first-order valence-electron chi connectivity index (χ1n) is 6.79. The van der Waals surface area contributed by atoms with E-state index in [-0.39, 0.29) is 23.6 Å². The average Bonchev–Trinajstić information content (AvgIpc) is 2.38. The molecule has 3 nitrogen and oxygen atoms in total. The van der Waals surface area contributed by atoms with E-state index >= 15 is 0 Å². The Morgan fingerprint density at radius 1 is 1.53 bits per heavy atom. The van der Waals surface area contributed by atoms with Gasteiger partial charge in [-0.25, -0.2) is 4.39 Å². The molecular weight excluding hydrogens is 243 g/mol. The van der Waals surface area contributed by atoms with Crippen molar-refractivity contribution >= 4 is 5.91 Å². The Morgan fingerprint density at radius 3 is 3.05 bits per heavy atom. The lowest BCUT2D eigenvalue weighted by atomic mass is 9.83. The molecule has 0 spiro atoms. The van der Waals surface area contributed by atoms with Gasteiger partial charge in [-0.1, -0.05) is 19.1 Å². The van der Waals surface area contributed by atoms with Gasteiger partial charge < -0.3 is 10.6 Å². The molecule has 1 atom stereocenters. The molecule has 1 unspecified atom stereocenters. The van der Waals surface area contributed by atoms with E-state index in [9.17, 15) is 9.18 Å². The van der Waals surface area contributed by atoms with Gasteiger partial charge in [-0.3, -0.25) is 4.79 Å². The summed E-state index contributed by atoms with van der Waals surface area (Å²) in [5.41, 5.74) is 0.847. The molecular formula is C15H21FN2O. The van der Waals surface area contributed by atoms with Gasteiger partial charge in [0.05, 0.1) is 6.42 Å². The van der Waals surface area contributed by atoms with Gasteiger partial charge in [0.1, 0.15) is 5.82 Å². The quantitative estimate of drug-likeness (QED) is 0.871. The molecule has 0 saturated carbocycles. The van der Waals surface area contributed by atoms with E-state index in [0.717, 1.165) is 25.9 Å². The van der Waals surface area contributed by atoms with Gasteiger partial charge in [-0.05, 0) is 42.5 Å². The van der Waals surface area contributed by atoms with Crippen molar-refractivity contribution in [3.63, 3.8) is 0 Å². The zero-order valence-electron chi connectivity index (χ0n) is 11.3. The van der Waals surface area contributed by atoms with E-state index in [1.807, 2.05) is 0 Å². The summed E-state index contributed by atoms with van der Waals surface area (Å²) in [4.78, 5) is 11.9. The predicted molar refractivity (Wildman–Crippen MR) is 73.3 cm³/mol. The highest BCUT2D eigenvalue weighted by Crippen LogP contribution is 2.24. The van der Waals surface area contributed by atoms with Gasteiger partial charge in [0, 0.05) is 13.1 Å². The van der Waals surface area contributed by atoms with Crippen LogP contribution in [0.1, 0.15) is 25.3 Å². The molecule has 1 aromatic rings. The SMILES string of the molecule is CC1(CNC(=O)Cc2cccc(F)c2)CCCNC1. The van der Waals surface area contributed by atoms with Crippen LogP contribution in [0.5, 0.6) is 0 Å². The lowest BCUT2D eigenvalue weighted by Gasteiger charge is -2.34. The summed E-state index contributed by atoms with van der Waals surface area (Å²) in [6.07, 6.45) is 2.51. The topological polar surface area (TPSA) is 41.1 Å². The molecule has 0 aliphatic carbocycles. The smallest absolute Gasteiger partial charge is 0.224 e. The van der Waals surface area contributed by atoms with Crippen molar-refractivity contribution < 1.29 is 9.18 Å². The van der Waals surface area contributed by atoms with Crippen molar-refractivity contribution in [1.29, 1.82) is 0 Å². The second-order valence-corrected chi connectivity index (χ2v) is 5.67. The number of halogens is 1. The Balaban J connectivity index is 1.81. The number of rotatable bonds is 4. The predicted octanol–water partition coefficient (Wildman–Crippen LogP) is 1.87. The first-order valence-corrected chi connectivity index (χ1v) is 6.79. The summed E-state index contributed by atoms with van der Waals surface area (Å²) in [5, 5.41) is 6.31. The number of hydrogen-bond acceptors (Lipinski definition) is 2. The summed E-state index contributed by atoms with van der Waals surface area (Å²) in [6.45, 7) is 4.86. The van der Waals surface area contributed by atoms with E-state index in [0.29, 0.717) is 12.1 Å². The lowest BCUT2D eigenvalue weighted by Crippen LogP contribution is -2.45. The van der Waals surface area contributed by atoms with Crippen LogP contribution < -0.4 is 10.6 Å². The minimum Gasteiger partial charge on any atom is -0.355 e. The maximum Gasteiger partial charge on any atom is 0.224 e. The molecule has 0 bridgehead atoms. The van der Waals surface area contributed by atoms with Crippen molar-refractivity contribution in [3.05, 3.63) is 35.6 Å². The van der Waals surface area contributed by atoms with Gasteiger partial charge in [0.25, 0.3) is 0 Å². The van der Waals surface area contributed by atoms with Crippen molar-refractivity contribution in [2.24, 2.45) is 5.41 Å². The number of benzene rings is 1. The lowest BCUT2D eigenvalue weighted by molar-refractivity contribution is -0.121. The molecule has 19 heavy (non-hydrogen) atoms. The summed E-state index contributed by atoms with van der Waals surface area (Å²) < 4.78 is 13.0. The first kappa shape index (κ1) is 14.0. The second kappa shape index (κ2) is 6.15. The van der Waals surface area contributed by atoms with E-state index in [1.165, 1.54) is 12.1 Å². The number of hydrogen-bond donors (Lipinski definition) is 2. The monoisotopic (exact) mass is 264 g/mol. The van der Waals surface area contributed by atoms with Crippen LogP contribution in [0.15, 0.2) is 24.3 Å². The van der Waals surface area contributed by atoms with E-state index in [1.54, 1.807) is 12.1 Å². The molecule has 1 saturated heterocycles. The molecule has 1 amide bonds. The summed E-state index contributed by atoms with van der Waals surface area (Å²) in [7, 11) is 0. The minimum absolute atomic E-state index is 0.0441. The van der Waals surface area contributed by atoms with Crippen LogP contribution in [0.2, 0.25) is 0 Å². The normalized spacial score (nSPS) is 23.1. The van der Waals surface area contributed by atoms with E-state index in [2.05, 4.69) is 17.6 Å². The Kier molecular flexibility index (Phi) is 4.53. The van der Waals surface area contributed by atoms with Crippen molar-refractivity contribution in [2.75, 3.05) is 19.6 Å². The molecule has 0 radical (unpaired) electrons. The third-order valence-corrected chi connectivity index (χ3v) is 3.65. The Hall–Kier alpha value is -1.42. The van der Waals surface area contributed by atoms with Crippen molar-refractivity contribution in [3.8, 4) is 0 Å². The Morgan fingerprint density at radius 2 is 2.37 bits per heavy atom. The number of amides is 1. The molecule has 1 aliphatic rings. The van der Waals surface area contributed by atoms with Gasteiger partial charge in [0.15, 0.2) is 0 Å². The molecule has 2 N–H and O–H groups in total. The number of piperidine rings is 1. The molecule has 104 valence electrons. The largest absolute Gasteiger partial charge is 0.355 e.